The summed E-state index contributed by atoms with van der Waals surface area (Å²) in [7, 11) is 0. The number of nitrogens with one attached hydrogen (secondary N) is 1. The summed E-state index contributed by atoms with van der Waals surface area (Å²) < 4.78 is 1.23. The molecular formula is C15H24BrNS. The Kier molecular flexibility index (Phi) is 5.28. The highest BCUT2D eigenvalue weighted by molar-refractivity contribution is 9.11. The molecule has 1 aromatic rings. The highest BCUT2D eigenvalue weighted by Crippen LogP contribution is 2.42. The lowest BCUT2D eigenvalue weighted by Gasteiger charge is -2.31. The van der Waals surface area contributed by atoms with Crippen molar-refractivity contribution < 1.29 is 0 Å². The largest absolute Gasteiger partial charge is 0.311 e. The lowest BCUT2D eigenvalue weighted by Crippen LogP contribution is -2.32. The van der Waals surface area contributed by atoms with Gasteiger partial charge in [-0.1, -0.05) is 26.7 Å². The van der Waals surface area contributed by atoms with E-state index in [1.54, 1.807) is 0 Å². The van der Waals surface area contributed by atoms with E-state index < -0.39 is 0 Å². The lowest BCUT2D eigenvalue weighted by atomic mass is 9.78. The van der Waals surface area contributed by atoms with Gasteiger partial charge in [0.25, 0.3) is 0 Å². The first kappa shape index (κ1) is 14.5. The highest BCUT2D eigenvalue weighted by atomic mass is 79.9. The van der Waals surface area contributed by atoms with E-state index in [0.717, 1.165) is 12.5 Å². The van der Waals surface area contributed by atoms with Gasteiger partial charge in [-0.3, -0.25) is 0 Å². The van der Waals surface area contributed by atoms with Crippen LogP contribution in [0.4, 0.5) is 0 Å². The number of thiophene rings is 1. The third-order valence-corrected chi connectivity index (χ3v) is 5.56. The van der Waals surface area contributed by atoms with Crippen molar-refractivity contribution in [3.05, 3.63) is 20.8 Å². The molecule has 1 saturated carbocycles. The number of halogens is 1. The van der Waals surface area contributed by atoms with Crippen molar-refractivity contribution in [3.63, 3.8) is 0 Å². The molecule has 1 aliphatic rings. The van der Waals surface area contributed by atoms with Crippen molar-refractivity contribution in [2.45, 2.75) is 52.5 Å². The summed E-state index contributed by atoms with van der Waals surface area (Å²) in [6.45, 7) is 6.93. The standard InChI is InChI=1S/C15H24BrNS/c1-12(2)9-15(7-3-4-8-15)11-17-10-13-5-6-14(16)18-13/h5-6,12,17H,3-4,7-11H2,1-2H3. The minimum Gasteiger partial charge on any atom is -0.311 e. The van der Waals surface area contributed by atoms with Crippen LogP contribution in [0, 0.1) is 11.3 Å². The molecule has 0 radical (unpaired) electrons. The van der Waals surface area contributed by atoms with Crippen LogP contribution in [0.5, 0.6) is 0 Å². The van der Waals surface area contributed by atoms with Gasteiger partial charge >= 0.3 is 0 Å². The van der Waals surface area contributed by atoms with Gasteiger partial charge in [0, 0.05) is 18.0 Å². The second-order valence-electron chi connectivity index (χ2n) is 6.11. The number of rotatable bonds is 6. The minimum atomic E-state index is 0.586. The molecule has 1 aliphatic carbocycles. The minimum absolute atomic E-state index is 0.586. The van der Waals surface area contributed by atoms with Gasteiger partial charge in [-0.15, -0.1) is 11.3 Å². The predicted molar refractivity (Wildman–Crippen MR) is 84.1 cm³/mol. The first-order valence-corrected chi connectivity index (χ1v) is 8.66. The zero-order chi connectivity index (χ0) is 13.0. The third-order valence-electron chi connectivity index (χ3n) is 3.93. The molecular weight excluding hydrogens is 306 g/mol. The van der Waals surface area contributed by atoms with Gasteiger partial charge in [0.2, 0.25) is 0 Å². The molecule has 1 fully saturated rings. The average molecular weight is 330 g/mol. The Morgan fingerprint density at radius 3 is 2.61 bits per heavy atom. The van der Waals surface area contributed by atoms with Crippen LogP contribution in [-0.2, 0) is 6.54 Å². The van der Waals surface area contributed by atoms with Crippen LogP contribution in [0.1, 0.15) is 50.8 Å². The Labute approximate surface area is 123 Å². The zero-order valence-electron chi connectivity index (χ0n) is 11.5. The molecule has 0 amide bonds. The van der Waals surface area contributed by atoms with Gasteiger partial charge in [-0.25, -0.2) is 0 Å². The van der Waals surface area contributed by atoms with Crippen molar-refractivity contribution in [2.24, 2.45) is 11.3 Å². The fourth-order valence-corrected chi connectivity index (χ4v) is 4.79. The zero-order valence-corrected chi connectivity index (χ0v) is 13.9. The molecule has 1 aromatic heterocycles. The smallest absolute Gasteiger partial charge is 0.0701 e. The fraction of sp³-hybridized carbons (Fsp3) is 0.733. The molecule has 1 N–H and O–H groups in total. The monoisotopic (exact) mass is 329 g/mol. The lowest BCUT2D eigenvalue weighted by molar-refractivity contribution is 0.224. The maximum absolute atomic E-state index is 3.69. The van der Waals surface area contributed by atoms with Crippen LogP contribution < -0.4 is 5.32 Å². The first-order valence-electron chi connectivity index (χ1n) is 7.05. The van der Waals surface area contributed by atoms with E-state index in [2.05, 4.69) is 47.2 Å². The van der Waals surface area contributed by atoms with Gasteiger partial charge in [0.15, 0.2) is 0 Å². The maximum Gasteiger partial charge on any atom is 0.0701 e. The quantitative estimate of drug-likeness (QED) is 0.755. The second-order valence-corrected chi connectivity index (χ2v) is 8.66. The molecule has 3 heteroatoms. The molecule has 0 aliphatic heterocycles. The number of hydrogen-bond acceptors (Lipinski definition) is 2. The van der Waals surface area contributed by atoms with Gasteiger partial charge in [-0.2, -0.15) is 0 Å². The van der Waals surface area contributed by atoms with Crippen LogP contribution in [0.3, 0.4) is 0 Å². The van der Waals surface area contributed by atoms with Gasteiger partial charge < -0.3 is 5.32 Å². The molecule has 1 nitrogen and oxygen atoms in total. The summed E-state index contributed by atoms with van der Waals surface area (Å²) in [4.78, 5) is 1.43. The molecule has 0 spiro atoms. The van der Waals surface area contributed by atoms with Crippen LogP contribution in [0.25, 0.3) is 0 Å². The Balaban J connectivity index is 1.82. The molecule has 102 valence electrons. The van der Waals surface area contributed by atoms with Crippen molar-refractivity contribution in [3.8, 4) is 0 Å². The van der Waals surface area contributed by atoms with Gasteiger partial charge in [-0.05, 0) is 58.7 Å². The molecule has 18 heavy (non-hydrogen) atoms. The number of hydrogen-bond donors (Lipinski definition) is 1. The Bertz CT molecular complexity index is 366. The summed E-state index contributed by atoms with van der Waals surface area (Å²) in [6, 6.07) is 4.35. The summed E-state index contributed by atoms with van der Waals surface area (Å²) in [5, 5.41) is 3.69. The summed E-state index contributed by atoms with van der Waals surface area (Å²) in [5.41, 5.74) is 0.586. The molecule has 0 saturated heterocycles. The molecule has 0 aromatic carbocycles. The van der Waals surface area contributed by atoms with E-state index in [4.69, 9.17) is 0 Å². The van der Waals surface area contributed by atoms with Crippen LogP contribution in [-0.4, -0.2) is 6.54 Å². The Hall–Kier alpha value is 0.140. The molecule has 1 heterocycles. The van der Waals surface area contributed by atoms with E-state index in [-0.39, 0.29) is 0 Å². The van der Waals surface area contributed by atoms with Crippen LogP contribution >= 0.6 is 27.3 Å². The van der Waals surface area contributed by atoms with Crippen molar-refractivity contribution >= 4 is 27.3 Å². The van der Waals surface area contributed by atoms with E-state index in [9.17, 15) is 0 Å². The Morgan fingerprint density at radius 2 is 2.06 bits per heavy atom. The predicted octanol–water partition coefficient (Wildman–Crippen LogP) is 5.21. The topological polar surface area (TPSA) is 12.0 Å². The maximum atomic E-state index is 3.69. The normalized spacial score (nSPS) is 18.7. The summed E-state index contributed by atoms with van der Waals surface area (Å²) >= 11 is 5.36. The fourth-order valence-electron chi connectivity index (χ4n) is 3.34. The van der Waals surface area contributed by atoms with E-state index in [1.165, 1.54) is 47.3 Å². The molecule has 0 bridgehead atoms. The van der Waals surface area contributed by atoms with E-state index in [1.807, 2.05) is 11.3 Å². The highest BCUT2D eigenvalue weighted by Gasteiger charge is 2.33. The van der Waals surface area contributed by atoms with Crippen LogP contribution in [0.2, 0.25) is 0 Å². The van der Waals surface area contributed by atoms with E-state index in [0.29, 0.717) is 5.41 Å². The Morgan fingerprint density at radius 1 is 1.33 bits per heavy atom. The van der Waals surface area contributed by atoms with Gasteiger partial charge in [0.05, 0.1) is 3.79 Å². The third kappa shape index (κ3) is 4.07. The van der Waals surface area contributed by atoms with Crippen molar-refractivity contribution in [2.75, 3.05) is 6.54 Å². The van der Waals surface area contributed by atoms with Gasteiger partial charge in [0.1, 0.15) is 0 Å². The molecule has 0 atom stereocenters. The van der Waals surface area contributed by atoms with Crippen LogP contribution in [0.15, 0.2) is 15.9 Å². The second kappa shape index (κ2) is 6.53. The van der Waals surface area contributed by atoms with Crippen molar-refractivity contribution in [1.29, 1.82) is 0 Å². The summed E-state index contributed by atoms with van der Waals surface area (Å²) in [5.74, 6) is 0.820. The summed E-state index contributed by atoms with van der Waals surface area (Å²) in [6.07, 6.45) is 7.09. The molecule has 2 rings (SSSR count). The van der Waals surface area contributed by atoms with Crippen molar-refractivity contribution in [1.82, 2.24) is 5.32 Å². The molecule has 0 unspecified atom stereocenters. The average Bonchev–Trinajstić information content (AvgIpc) is 2.88. The SMILES string of the molecule is CC(C)CC1(CNCc2ccc(Br)s2)CCCC1. The van der Waals surface area contributed by atoms with E-state index >= 15 is 0 Å². The first-order chi connectivity index (χ1) is 8.60.